The fraction of sp³-hybridized carbons (Fsp3) is 0.188. The van der Waals surface area contributed by atoms with Crippen molar-refractivity contribution >= 4 is 34.6 Å². The molecule has 0 atom stereocenters. The van der Waals surface area contributed by atoms with Gasteiger partial charge in [-0.15, -0.1) is 0 Å². The Kier molecular flexibility index (Phi) is 6.11. The summed E-state index contributed by atoms with van der Waals surface area (Å²) in [7, 11) is 0. The minimum Gasteiger partial charge on any atom is -0.379 e. The minimum atomic E-state index is -0.508. The molecule has 0 unspecified atom stereocenters. The Labute approximate surface area is 144 Å². The van der Waals surface area contributed by atoms with Crippen LogP contribution in [0, 0.1) is 10.1 Å². The predicted octanol–water partition coefficient (Wildman–Crippen LogP) is 2.54. The van der Waals surface area contributed by atoms with E-state index in [0.29, 0.717) is 22.9 Å². The molecule has 0 heterocycles. The van der Waals surface area contributed by atoms with Crippen LogP contribution in [0.15, 0.2) is 42.5 Å². The van der Waals surface area contributed by atoms with Crippen LogP contribution in [-0.4, -0.2) is 23.9 Å². The third-order valence-corrected chi connectivity index (χ3v) is 3.55. The van der Waals surface area contributed by atoms with Gasteiger partial charge in [-0.3, -0.25) is 14.9 Å². The summed E-state index contributed by atoms with van der Waals surface area (Å²) < 4.78 is 0. The molecule has 0 fully saturated rings. The number of quaternary nitrogens is 1. The molecule has 8 heteroatoms. The lowest BCUT2D eigenvalue weighted by Gasteiger charge is -2.09. The summed E-state index contributed by atoms with van der Waals surface area (Å²) in [5.41, 5.74) is 4.74. The molecule has 0 aliphatic heterocycles. The van der Waals surface area contributed by atoms with Crippen molar-refractivity contribution in [3.63, 3.8) is 0 Å². The molecule has 2 aromatic rings. The van der Waals surface area contributed by atoms with Gasteiger partial charge in [0.15, 0.2) is 0 Å². The maximum Gasteiger partial charge on any atom is 0.293 e. The first-order chi connectivity index (χ1) is 11.5. The Balaban J connectivity index is 2.17. The summed E-state index contributed by atoms with van der Waals surface area (Å²) in [6, 6.07) is 11.0. The smallest absolute Gasteiger partial charge is 0.293 e. The van der Waals surface area contributed by atoms with Gasteiger partial charge in [-0.2, -0.15) is 0 Å². The minimum absolute atomic E-state index is 0.136. The topological polar surface area (TPSA) is 112 Å². The fourth-order valence-corrected chi connectivity index (χ4v) is 2.18. The van der Waals surface area contributed by atoms with E-state index in [1.54, 1.807) is 30.3 Å². The Hall–Kier alpha value is -2.64. The molecule has 126 valence electrons. The van der Waals surface area contributed by atoms with E-state index in [-0.39, 0.29) is 11.3 Å². The third-order valence-electron chi connectivity index (χ3n) is 3.30. The first kappa shape index (κ1) is 17.7. The number of hydrogen-bond acceptors (Lipinski definition) is 4. The molecule has 7 nitrogen and oxygen atoms in total. The summed E-state index contributed by atoms with van der Waals surface area (Å²) in [6.07, 6.45) is 0.802. The summed E-state index contributed by atoms with van der Waals surface area (Å²) in [4.78, 5) is 23.0. The highest BCUT2D eigenvalue weighted by Gasteiger charge is 2.17. The van der Waals surface area contributed by atoms with Crippen LogP contribution in [-0.2, 0) is 0 Å². The van der Waals surface area contributed by atoms with E-state index in [4.69, 9.17) is 11.6 Å². The Morgan fingerprint density at radius 2 is 1.92 bits per heavy atom. The number of nitro benzene ring substituents is 1. The number of halogens is 1. The maximum atomic E-state index is 12.3. The lowest BCUT2D eigenvalue weighted by Crippen LogP contribution is -2.50. The van der Waals surface area contributed by atoms with Gasteiger partial charge in [-0.1, -0.05) is 11.6 Å². The molecule has 0 aliphatic rings. The van der Waals surface area contributed by atoms with E-state index in [1.165, 1.54) is 12.1 Å². The summed E-state index contributed by atoms with van der Waals surface area (Å²) in [6.45, 7) is 1.32. The average molecular weight is 350 g/mol. The van der Waals surface area contributed by atoms with Gasteiger partial charge < -0.3 is 16.4 Å². The van der Waals surface area contributed by atoms with E-state index < -0.39 is 10.8 Å². The average Bonchev–Trinajstić information content (AvgIpc) is 2.57. The molecular formula is C16H18ClN4O3+. The van der Waals surface area contributed by atoms with Crippen LogP contribution in [0.25, 0.3) is 0 Å². The number of rotatable bonds is 7. The number of anilines is 2. The number of amides is 1. The molecule has 0 saturated heterocycles. The SMILES string of the molecule is [NH3+]CCCNc1ccc(C(=O)Nc2ccc(Cl)cc2)cc1[N+](=O)[O-]. The monoisotopic (exact) mass is 349 g/mol. The van der Waals surface area contributed by atoms with E-state index in [2.05, 4.69) is 16.4 Å². The summed E-state index contributed by atoms with van der Waals surface area (Å²) >= 11 is 5.79. The lowest BCUT2D eigenvalue weighted by molar-refractivity contribution is -0.384. The second-order valence-corrected chi connectivity index (χ2v) is 5.52. The molecule has 0 bridgehead atoms. The van der Waals surface area contributed by atoms with Gasteiger partial charge in [-0.25, -0.2) is 0 Å². The fourth-order valence-electron chi connectivity index (χ4n) is 2.06. The molecule has 2 aromatic carbocycles. The molecule has 1 amide bonds. The highest BCUT2D eigenvalue weighted by Crippen LogP contribution is 2.26. The number of hydrogen-bond donors (Lipinski definition) is 3. The van der Waals surface area contributed by atoms with Crippen molar-refractivity contribution in [2.24, 2.45) is 0 Å². The molecular weight excluding hydrogens is 332 g/mol. The predicted molar refractivity (Wildman–Crippen MR) is 93.4 cm³/mol. The van der Waals surface area contributed by atoms with Crippen molar-refractivity contribution in [3.8, 4) is 0 Å². The molecule has 24 heavy (non-hydrogen) atoms. The van der Waals surface area contributed by atoms with E-state index in [0.717, 1.165) is 13.0 Å². The zero-order valence-corrected chi connectivity index (χ0v) is 13.7. The molecule has 0 aliphatic carbocycles. The van der Waals surface area contributed by atoms with Crippen LogP contribution in [0.1, 0.15) is 16.8 Å². The van der Waals surface area contributed by atoms with Gasteiger partial charge in [0, 0.05) is 35.3 Å². The first-order valence-corrected chi connectivity index (χ1v) is 7.77. The van der Waals surface area contributed by atoms with E-state index >= 15 is 0 Å². The van der Waals surface area contributed by atoms with E-state index in [9.17, 15) is 14.9 Å². The van der Waals surface area contributed by atoms with Gasteiger partial charge >= 0.3 is 0 Å². The third kappa shape index (κ3) is 4.68. The van der Waals surface area contributed by atoms with Crippen LogP contribution in [0.5, 0.6) is 0 Å². The second kappa shape index (κ2) is 8.28. The van der Waals surface area contributed by atoms with Crippen molar-refractivity contribution in [1.29, 1.82) is 0 Å². The van der Waals surface area contributed by atoms with Gasteiger partial charge in [0.25, 0.3) is 11.6 Å². The molecule has 0 radical (unpaired) electrons. The second-order valence-electron chi connectivity index (χ2n) is 5.08. The quantitative estimate of drug-likeness (QED) is 0.405. The number of carbonyl (C=O) groups excluding carboxylic acids is 1. The molecule has 0 spiro atoms. The molecule has 5 N–H and O–H groups in total. The van der Waals surface area contributed by atoms with Crippen LogP contribution >= 0.6 is 11.6 Å². The van der Waals surface area contributed by atoms with Crippen molar-refractivity contribution in [1.82, 2.24) is 0 Å². The standard InChI is InChI=1S/C16H17ClN4O3/c17-12-3-5-13(6-4-12)20-16(22)11-2-7-14(19-9-1-8-18)15(10-11)21(23)24/h2-7,10,19H,1,8-9,18H2,(H,20,22)/p+1. The number of nitrogens with one attached hydrogen (secondary N) is 2. The van der Waals surface area contributed by atoms with Crippen molar-refractivity contribution in [2.75, 3.05) is 23.7 Å². The maximum absolute atomic E-state index is 12.3. The zero-order chi connectivity index (χ0) is 17.5. The Morgan fingerprint density at radius 3 is 2.54 bits per heavy atom. The van der Waals surface area contributed by atoms with Crippen LogP contribution in [0.4, 0.5) is 17.1 Å². The van der Waals surface area contributed by atoms with Crippen molar-refractivity contribution in [3.05, 3.63) is 63.2 Å². The zero-order valence-electron chi connectivity index (χ0n) is 12.9. The largest absolute Gasteiger partial charge is 0.379 e. The number of nitro groups is 1. The van der Waals surface area contributed by atoms with Crippen LogP contribution in [0.3, 0.4) is 0 Å². The number of nitrogens with zero attached hydrogens (tertiary/aromatic N) is 1. The van der Waals surface area contributed by atoms with Gasteiger partial charge in [-0.05, 0) is 36.4 Å². The highest BCUT2D eigenvalue weighted by atomic mass is 35.5. The number of carbonyl (C=O) groups is 1. The Morgan fingerprint density at radius 1 is 1.21 bits per heavy atom. The highest BCUT2D eigenvalue weighted by molar-refractivity contribution is 6.30. The lowest BCUT2D eigenvalue weighted by atomic mass is 10.1. The molecule has 0 aromatic heterocycles. The van der Waals surface area contributed by atoms with Gasteiger partial charge in [0.05, 0.1) is 11.5 Å². The van der Waals surface area contributed by atoms with Crippen LogP contribution < -0.4 is 16.4 Å². The summed E-state index contributed by atoms with van der Waals surface area (Å²) in [5, 5.41) is 17.5. The van der Waals surface area contributed by atoms with Crippen molar-refractivity contribution in [2.45, 2.75) is 6.42 Å². The van der Waals surface area contributed by atoms with Gasteiger partial charge in [0.2, 0.25) is 0 Å². The molecule has 2 rings (SSSR count). The Bertz CT molecular complexity index is 735. The van der Waals surface area contributed by atoms with Crippen LogP contribution in [0.2, 0.25) is 5.02 Å². The van der Waals surface area contributed by atoms with Crippen molar-refractivity contribution < 1.29 is 15.5 Å². The molecule has 0 saturated carbocycles. The van der Waals surface area contributed by atoms with E-state index in [1.807, 2.05) is 0 Å². The first-order valence-electron chi connectivity index (χ1n) is 7.39. The normalized spacial score (nSPS) is 10.2. The van der Waals surface area contributed by atoms with Gasteiger partial charge in [0.1, 0.15) is 5.69 Å². The number of benzene rings is 2. The summed E-state index contributed by atoms with van der Waals surface area (Å²) in [5.74, 6) is -0.426.